The van der Waals surface area contributed by atoms with Crippen LogP contribution in [-0.4, -0.2) is 13.4 Å². The Labute approximate surface area is 124 Å². The van der Waals surface area contributed by atoms with E-state index in [-0.39, 0.29) is 9.34 Å². The number of hydrogen-bond donors (Lipinski definition) is 2. The van der Waals surface area contributed by atoms with Gasteiger partial charge in [0, 0.05) is 4.47 Å². The average Bonchev–Trinajstić information content (AvgIpc) is 2.65. The number of benzene rings is 1. The molecular formula is C11H12BrN3O2S2. The largest absolute Gasteiger partial charge is 0.375 e. The Balaban J connectivity index is 2.42. The number of aryl methyl sites for hydroxylation is 1. The van der Waals surface area contributed by atoms with Crippen molar-refractivity contribution in [2.75, 3.05) is 10.5 Å². The Kier molecular flexibility index (Phi) is 3.84. The molecule has 1 aromatic carbocycles. The van der Waals surface area contributed by atoms with Gasteiger partial charge in [-0.1, -0.05) is 33.3 Å². The number of nitrogen functional groups attached to an aromatic ring is 1. The molecule has 0 saturated heterocycles. The number of nitrogens with two attached hydrogens (primary N) is 1. The van der Waals surface area contributed by atoms with E-state index in [1.807, 2.05) is 13.0 Å². The minimum Gasteiger partial charge on any atom is -0.375 e. The highest BCUT2D eigenvalue weighted by Gasteiger charge is 2.22. The lowest BCUT2D eigenvalue weighted by molar-refractivity contribution is 0.602. The van der Waals surface area contributed by atoms with Crippen LogP contribution in [0.2, 0.25) is 0 Å². The van der Waals surface area contributed by atoms with Crippen LogP contribution >= 0.6 is 27.3 Å². The molecule has 5 nitrogen and oxygen atoms in total. The summed E-state index contributed by atoms with van der Waals surface area (Å²) in [5.74, 6) is 0. The zero-order chi connectivity index (χ0) is 14.2. The molecule has 1 heterocycles. The van der Waals surface area contributed by atoms with Crippen LogP contribution in [0.15, 0.2) is 26.9 Å². The lowest BCUT2D eigenvalue weighted by Gasteiger charge is -2.10. The maximum atomic E-state index is 12.3. The van der Waals surface area contributed by atoms with Gasteiger partial charge in [0.05, 0.1) is 11.4 Å². The van der Waals surface area contributed by atoms with Crippen molar-refractivity contribution >= 4 is 48.1 Å². The van der Waals surface area contributed by atoms with Crippen molar-refractivity contribution in [3.05, 3.63) is 33.9 Å². The molecule has 0 bridgehead atoms. The van der Waals surface area contributed by atoms with Gasteiger partial charge in [-0.25, -0.2) is 13.4 Å². The number of rotatable bonds is 3. The summed E-state index contributed by atoms with van der Waals surface area (Å²) in [6.45, 7) is 3.45. The Hall–Kier alpha value is -1.12. The SMILES string of the molecule is Cc1nc(N)sc1S(=O)(=O)Nc1cccc(Br)c1C. The zero-order valence-corrected chi connectivity index (χ0v) is 13.5. The van der Waals surface area contributed by atoms with E-state index in [4.69, 9.17) is 5.73 Å². The fourth-order valence-electron chi connectivity index (χ4n) is 1.56. The smallest absolute Gasteiger partial charge is 0.273 e. The molecule has 0 radical (unpaired) electrons. The van der Waals surface area contributed by atoms with Gasteiger partial charge >= 0.3 is 0 Å². The van der Waals surface area contributed by atoms with Crippen LogP contribution in [0.4, 0.5) is 10.8 Å². The molecule has 3 N–H and O–H groups in total. The van der Waals surface area contributed by atoms with Crippen molar-refractivity contribution in [3.8, 4) is 0 Å². The first-order valence-electron chi connectivity index (χ1n) is 5.32. The van der Waals surface area contributed by atoms with E-state index in [1.165, 1.54) is 0 Å². The predicted molar refractivity (Wildman–Crippen MR) is 81.0 cm³/mol. The molecule has 8 heteroatoms. The van der Waals surface area contributed by atoms with Gasteiger partial charge in [0.1, 0.15) is 0 Å². The van der Waals surface area contributed by atoms with Gasteiger partial charge in [-0.05, 0) is 31.5 Å². The quantitative estimate of drug-likeness (QED) is 0.879. The van der Waals surface area contributed by atoms with E-state index in [9.17, 15) is 8.42 Å². The zero-order valence-electron chi connectivity index (χ0n) is 10.3. The first-order chi connectivity index (χ1) is 8.81. The fraction of sp³-hybridized carbons (Fsp3) is 0.182. The topological polar surface area (TPSA) is 85.1 Å². The number of aromatic nitrogens is 1. The van der Waals surface area contributed by atoms with Crippen LogP contribution in [0.25, 0.3) is 0 Å². The lowest BCUT2D eigenvalue weighted by atomic mass is 10.2. The molecule has 0 spiro atoms. The van der Waals surface area contributed by atoms with Gasteiger partial charge < -0.3 is 5.73 Å². The van der Waals surface area contributed by atoms with Crippen molar-refractivity contribution < 1.29 is 8.42 Å². The van der Waals surface area contributed by atoms with Crippen molar-refractivity contribution in [2.45, 2.75) is 18.1 Å². The van der Waals surface area contributed by atoms with Gasteiger partial charge in [-0.15, -0.1) is 0 Å². The van der Waals surface area contributed by atoms with E-state index in [0.29, 0.717) is 11.4 Å². The number of sulfonamides is 1. The fourth-order valence-corrected chi connectivity index (χ4v) is 4.35. The highest BCUT2D eigenvalue weighted by molar-refractivity contribution is 9.10. The molecular weight excluding hydrogens is 350 g/mol. The summed E-state index contributed by atoms with van der Waals surface area (Å²) in [6, 6.07) is 5.32. The minimum absolute atomic E-state index is 0.143. The monoisotopic (exact) mass is 361 g/mol. The number of nitrogens with one attached hydrogen (secondary N) is 1. The lowest BCUT2D eigenvalue weighted by Crippen LogP contribution is -2.13. The molecule has 0 fully saturated rings. The number of halogens is 1. The molecule has 2 rings (SSSR count). The maximum absolute atomic E-state index is 12.3. The molecule has 2 aromatic rings. The first kappa shape index (κ1) is 14.3. The van der Waals surface area contributed by atoms with E-state index in [1.54, 1.807) is 19.1 Å². The Morgan fingerprint density at radius 1 is 1.37 bits per heavy atom. The first-order valence-corrected chi connectivity index (χ1v) is 8.41. The van der Waals surface area contributed by atoms with Gasteiger partial charge in [0.2, 0.25) is 0 Å². The van der Waals surface area contributed by atoms with E-state index >= 15 is 0 Å². The molecule has 19 heavy (non-hydrogen) atoms. The van der Waals surface area contributed by atoms with E-state index in [2.05, 4.69) is 25.6 Å². The van der Waals surface area contributed by atoms with E-state index in [0.717, 1.165) is 21.4 Å². The third kappa shape index (κ3) is 2.90. The Morgan fingerprint density at radius 2 is 2.05 bits per heavy atom. The van der Waals surface area contributed by atoms with Gasteiger partial charge in [0.25, 0.3) is 10.0 Å². The van der Waals surface area contributed by atoms with Crippen LogP contribution in [0.5, 0.6) is 0 Å². The van der Waals surface area contributed by atoms with Crippen LogP contribution in [0, 0.1) is 13.8 Å². The van der Waals surface area contributed by atoms with Crippen molar-refractivity contribution in [2.24, 2.45) is 0 Å². The number of nitrogens with zero attached hydrogens (tertiary/aromatic N) is 1. The Morgan fingerprint density at radius 3 is 2.63 bits per heavy atom. The van der Waals surface area contributed by atoms with Crippen molar-refractivity contribution in [1.82, 2.24) is 4.98 Å². The molecule has 0 aliphatic carbocycles. The molecule has 1 aromatic heterocycles. The van der Waals surface area contributed by atoms with E-state index < -0.39 is 10.0 Å². The number of thiazole rings is 1. The van der Waals surface area contributed by atoms with Crippen molar-refractivity contribution in [3.63, 3.8) is 0 Å². The highest BCUT2D eigenvalue weighted by Crippen LogP contribution is 2.29. The second-order valence-electron chi connectivity index (χ2n) is 3.94. The number of hydrogen-bond acceptors (Lipinski definition) is 5. The molecule has 0 aliphatic rings. The summed E-state index contributed by atoms with van der Waals surface area (Å²) in [4.78, 5) is 3.93. The third-order valence-electron chi connectivity index (χ3n) is 2.53. The standard InChI is InChI=1S/C11H12BrN3O2S2/c1-6-8(12)4-3-5-9(6)15-19(16,17)10-7(2)14-11(13)18-10/h3-5,15H,1-2H3,(H2,13,14). The predicted octanol–water partition coefficient (Wildman–Crippen LogP) is 2.91. The molecule has 0 aliphatic heterocycles. The Bertz CT molecular complexity index is 726. The second kappa shape index (κ2) is 5.10. The summed E-state index contributed by atoms with van der Waals surface area (Å²) in [7, 11) is -3.66. The summed E-state index contributed by atoms with van der Waals surface area (Å²) in [6.07, 6.45) is 0. The minimum atomic E-state index is -3.66. The molecule has 0 unspecified atom stereocenters. The van der Waals surface area contributed by atoms with Crippen LogP contribution in [0.3, 0.4) is 0 Å². The van der Waals surface area contributed by atoms with Gasteiger partial charge in [-0.2, -0.15) is 0 Å². The maximum Gasteiger partial charge on any atom is 0.273 e. The molecule has 0 amide bonds. The number of anilines is 2. The normalized spacial score (nSPS) is 11.5. The van der Waals surface area contributed by atoms with Gasteiger partial charge in [0.15, 0.2) is 9.34 Å². The van der Waals surface area contributed by atoms with Gasteiger partial charge in [-0.3, -0.25) is 4.72 Å². The molecule has 0 saturated carbocycles. The van der Waals surface area contributed by atoms with Crippen molar-refractivity contribution in [1.29, 1.82) is 0 Å². The molecule has 102 valence electrons. The van der Waals surface area contributed by atoms with Crippen LogP contribution in [-0.2, 0) is 10.0 Å². The molecule has 0 atom stereocenters. The van der Waals surface area contributed by atoms with Crippen LogP contribution < -0.4 is 10.5 Å². The second-order valence-corrected chi connectivity index (χ2v) is 7.71. The highest BCUT2D eigenvalue weighted by atomic mass is 79.9. The average molecular weight is 362 g/mol. The summed E-state index contributed by atoms with van der Waals surface area (Å²) in [5, 5.41) is 0.240. The third-order valence-corrected chi connectivity index (χ3v) is 6.35. The summed E-state index contributed by atoms with van der Waals surface area (Å²) < 4.78 is 28.1. The van der Waals surface area contributed by atoms with Crippen LogP contribution in [0.1, 0.15) is 11.3 Å². The summed E-state index contributed by atoms with van der Waals surface area (Å²) >= 11 is 4.32. The summed E-state index contributed by atoms with van der Waals surface area (Å²) in [5.41, 5.74) is 7.29.